The van der Waals surface area contributed by atoms with Gasteiger partial charge in [-0.25, -0.2) is 9.97 Å². The Morgan fingerprint density at radius 2 is 2.11 bits per heavy atom. The van der Waals surface area contributed by atoms with E-state index in [2.05, 4.69) is 81.1 Å². The van der Waals surface area contributed by atoms with Gasteiger partial charge >= 0.3 is 0 Å². The minimum absolute atomic E-state index is 0.377. The molecule has 2 atom stereocenters. The van der Waals surface area contributed by atoms with Gasteiger partial charge in [-0.15, -0.1) is 0 Å². The fraction of sp³-hybridized carbons (Fsp3) is 0.419. The lowest BCUT2D eigenvalue weighted by Crippen LogP contribution is -2.28. The molecule has 0 radical (unpaired) electrons. The molecule has 4 heterocycles. The molecule has 0 spiro atoms. The number of nitrogens with one attached hydrogen (secondary N) is 2. The molecule has 2 unspecified atom stereocenters. The first-order valence-electron chi connectivity index (χ1n) is 14.0. The van der Waals surface area contributed by atoms with Gasteiger partial charge in [-0.1, -0.05) is 30.4 Å². The lowest BCUT2D eigenvalue weighted by Gasteiger charge is -2.22. The molecule has 1 fully saturated rings. The van der Waals surface area contributed by atoms with E-state index in [-0.39, 0.29) is 0 Å². The Bertz CT molecular complexity index is 1370. The van der Waals surface area contributed by atoms with Crippen molar-refractivity contribution in [1.29, 1.82) is 0 Å². The fourth-order valence-corrected chi connectivity index (χ4v) is 5.83. The van der Waals surface area contributed by atoms with E-state index in [1.54, 1.807) is 6.20 Å². The lowest BCUT2D eigenvalue weighted by atomic mass is 9.96. The second-order valence-electron chi connectivity index (χ2n) is 10.4. The third-order valence-corrected chi connectivity index (χ3v) is 7.89. The van der Waals surface area contributed by atoms with Gasteiger partial charge in [0.1, 0.15) is 22.9 Å². The molecule has 5 rings (SSSR count). The lowest BCUT2D eigenvalue weighted by molar-refractivity contribution is 0.313. The summed E-state index contributed by atoms with van der Waals surface area (Å²) >= 11 is 0. The maximum absolute atomic E-state index is 6.40. The van der Waals surface area contributed by atoms with Crippen LogP contribution in [0.5, 0.6) is 0 Å². The maximum Gasteiger partial charge on any atom is 0.150 e. The molecule has 1 saturated heterocycles. The number of rotatable bonds is 7. The number of hydrogen-bond donors (Lipinski definition) is 3. The van der Waals surface area contributed by atoms with Crippen molar-refractivity contribution in [3.63, 3.8) is 0 Å². The molecule has 38 heavy (non-hydrogen) atoms. The zero-order valence-corrected chi connectivity index (χ0v) is 23.0. The highest BCUT2D eigenvalue weighted by Gasteiger charge is 2.25. The Balaban J connectivity index is 1.30. The predicted molar refractivity (Wildman–Crippen MR) is 158 cm³/mol. The normalized spacial score (nSPS) is 22.2. The minimum atomic E-state index is 0.377. The van der Waals surface area contributed by atoms with Crippen molar-refractivity contribution in [1.82, 2.24) is 29.6 Å². The van der Waals surface area contributed by atoms with Gasteiger partial charge in [0.2, 0.25) is 0 Å². The van der Waals surface area contributed by atoms with Crippen LogP contribution in [0.2, 0.25) is 0 Å². The molecule has 4 N–H and O–H groups in total. The number of anilines is 1. The molecule has 1 aliphatic heterocycles. The van der Waals surface area contributed by atoms with E-state index in [0.717, 1.165) is 80.2 Å². The van der Waals surface area contributed by atoms with Gasteiger partial charge in [0, 0.05) is 30.6 Å². The van der Waals surface area contributed by atoms with Crippen molar-refractivity contribution in [2.45, 2.75) is 64.8 Å². The number of aromatic amines is 1. The van der Waals surface area contributed by atoms with Gasteiger partial charge in [0.25, 0.3) is 0 Å². The molecule has 2 aliphatic rings. The second-order valence-corrected chi connectivity index (χ2v) is 10.4. The van der Waals surface area contributed by atoms with E-state index in [9.17, 15) is 0 Å². The molecule has 0 aromatic carbocycles. The maximum atomic E-state index is 6.40. The van der Waals surface area contributed by atoms with Crippen LogP contribution in [-0.2, 0) is 0 Å². The summed E-state index contributed by atoms with van der Waals surface area (Å²) in [6, 6.07) is 2.59. The summed E-state index contributed by atoms with van der Waals surface area (Å²) in [6.45, 7) is 9.39. The summed E-state index contributed by atoms with van der Waals surface area (Å²) in [4.78, 5) is 15.7. The molecular formula is C31H41N7. The molecule has 1 aliphatic carbocycles. The minimum Gasteiger partial charge on any atom is -0.384 e. The molecule has 0 amide bonds. The van der Waals surface area contributed by atoms with Crippen LogP contribution in [-0.4, -0.2) is 49.9 Å². The summed E-state index contributed by atoms with van der Waals surface area (Å²) in [5.41, 5.74) is 12.8. The van der Waals surface area contributed by atoms with Gasteiger partial charge in [0.15, 0.2) is 0 Å². The molecule has 200 valence electrons. The highest BCUT2D eigenvalue weighted by Crippen LogP contribution is 2.35. The predicted octanol–water partition coefficient (Wildman–Crippen LogP) is 5.99. The van der Waals surface area contributed by atoms with Crippen molar-refractivity contribution in [3.8, 4) is 11.4 Å². The first-order chi connectivity index (χ1) is 18.6. The van der Waals surface area contributed by atoms with Gasteiger partial charge in [-0.05, 0) is 95.4 Å². The SMILES string of the molecule is C/C=C\c1[nH]c(-c2nc(C3CCCN(C/C=C/NC4CCC=C/C4=C/C)CC3)n3ccnc(N)c23)cc1C. The van der Waals surface area contributed by atoms with Crippen LogP contribution in [0.3, 0.4) is 0 Å². The number of nitrogens with two attached hydrogens (primary N) is 1. The van der Waals surface area contributed by atoms with Crippen LogP contribution >= 0.6 is 0 Å². The first-order valence-corrected chi connectivity index (χ1v) is 14.0. The van der Waals surface area contributed by atoms with Gasteiger partial charge in [-0.2, -0.15) is 0 Å². The summed E-state index contributed by atoms with van der Waals surface area (Å²) < 4.78 is 2.17. The summed E-state index contributed by atoms with van der Waals surface area (Å²) in [5.74, 6) is 1.98. The quantitative estimate of drug-likeness (QED) is 0.363. The number of H-pyrrole nitrogens is 1. The Hall–Kier alpha value is -3.58. The van der Waals surface area contributed by atoms with Crippen LogP contribution in [0.25, 0.3) is 23.0 Å². The Morgan fingerprint density at radius 1 is 1.21 bits per heavy atom. The Morgan fingerprint density at radius 3 is 2.95 bits per heavy atom. The summed E-state index contributed by atoms with van der Waals surface area (Å²) in [7, 11) is 0. The number of allylic oxidation sites excluding steroid dienone is 3. The highest BCUT2D eigenvalue weighted by atomic mass is 15.1. The van der Waals surface area contributed by atoms with Crippen molar-refractivity contribution >= 4 is 17.4 Å². The van der Waals surface area contributed by atoms with Crippen LogP contribution < -0.4 is 11.1 Å². The van der Waals surface area contributed by atoms with E-state index < -0.39 is 0 Å². The fourth-order valence-electron chi connectivity index (χ4n) is 5.83. The largest absolute Gasteiger partial charge is 0.384 e. The van der Waals surface area contributed by atoms with E-state index >= 15 is 0 Å². The summed E-state index contributed by atoms with van der Waals surface area (Å²) in [5, 5.41) is 3.60. The smallest absolute Gasteiger partial charge is 0.150 e. The van der Waals surface area contributed by atoms with Gasteiger partial charge in [0.05, 0.1) is 11.7 Å². The standard InChI is InChI=1S/C31H41N7/c1-4-10-25-22(3)21-27(35-25)28-29-30(32)34-16-20-38(29)31(36-28)24-12-8-17-37(19-14-24)18-9-15-33-26-13-7-6-11-23(26)5-2/h4-6,9-11,15-16,20-21,24,26,33,35H,7-8,12-14,17-19H2,1-3H3,(H2,32,34)/b10-4-,15-9+,23-5-. The molecule has 7 heteroatoms. The van der Waals surface area contributed by atoms with Crippen LogP contribution in [0.1, 0.15) is 69.0 Å². The molecule has 0 saturated carbocycles. The Kier molecular flexibility index (Phi) is 8.13. The average molecular weight is 512 g/mol. The first kappa shape index (κ1) is 26.0. The third-order valence-electron chi connectivity index (χ3n) is 7.89. The van der Waals surface area contributed by atoms with E-state index in [1.165, 1.54) is 11.1 Å². The van der Waals surface area contributed by atoms with Crippen LogP contribution in [0.15, 0.2) is 60.6 Å². The second kappa shape index (κ2) is 11.9. The van der Waals surface area contributed by atoms with E-state index in [4.69, 9.17) is 10.7 Å². The van der Waals surface area contributed by atoms with Crippen molar-refractivity contribution in [3.05, 3.63) is 77.7 Å². The summed E-state index contributed by atoms with van der Waals surface area (Å²) in [6.07, 6.45) is 24.7. The van der Waals surface area contributed by atoms with Crippen molar-refractivity contribution in [2.24, 2.45) is 0 Å². The number of nitrogens with zero attached hydrogens (tertiary/aromatic N) is 4. The van der Waals surface area contributed by atoms with Gasteiger partial charge < -0.3 is 16.0 Å². The van der Waals surface area contributed by atoms with E-state index in [1.807, 2.05) is 19.2 Å². The number of nitrogen functional groups attached to an aromatic ring is 1. The van der Waals surface area contributed by atoms with Crippen LogP contribution in [0.4, 0.5) is 5.82 Å². The Labute approximate surface area is 226 Å². The van der Waals surface area contributed by atoms with Gasteiger partial charge in [-0.3, -0.25) is 9.30 Å². The molecule has 3 aromatic rings. The number of aryl methyl sites for hydroxylation is 1. The number of likely N-dealkylation sites (tertiary alicyclic amines) is 1. The van der Waals surface area contributed by atoms with E-state index in [0.29, 0.717) is 17.8 Å². The zero-order chi connectivity index (χ0) is 26.5. The monoisotopic (exact) mass is 511 g/mol. The third kappa shape index (κ3) is 5.48. The highest BCUT2D eigenvalue weighted by molar-refractivity contribution is 5.85. The number of hydrogen-bond acceptors (Lipinski definition) is 5. The molecule has 0 bridgehead atoms. The van der Waals surface area contributed by atoms with Crippen molar-refractivity contribution in [2.75, 3.05) is 25.4 Å². The molecule has 7 nitrogen and oxygen atoms in total. The molecule has 3 aromatic heterocycles. The zero-order valence-electron chi connectivity index (χ0n) is 23.0. The number of imidazole rings is 1. The van der Waals surface area contributed by atoms with Crippen LogP contribution in [0, 0.1) is 6.92 Å². The average Bonchev–Trinajstić information content (AvgIpc) is 3.40. The molecular weight excluding hydrogens is 470 g/mol. The number of fused-ring (bicyclic) bond motifs is 1. The number of aromatic nitrogens is 4. The topological polar surface area (TPSA) is 87.3 Å². The van der Waals surface area contributed by atoms with Crippen molar-refractivity contribution < 1.29 is 0 Å².